The summed E-state index contributed by atoms with van der Waals surface area (Å²) in [7, 11) is 0. The van der Waals surface area contributed by atoms with E-state index in [4.69, 9.17) is 0 Å². The molecule has 1 unspecified atom stereocenters. The van der Waals surface area contributed by atoms with Gasteiger partial charge in [-0.3, -0.25) is 5.10 Å². The van der Waals surface area contributed by atoms with Crippen molar-refractivity contribution in [3.05, 3.63) is 24.7 Å². The van der Waals surface area contributed by atoms with Crippen molar-refractivity contribution in [1.29, 1.82) is 0 Å². The first kappa shape index (κ1) is 13.6. The molecule has 1 atom stereocenters. The Morgan fingerprint density at radius 2 is 2.14 bits per heavy atom. The van der Waals surface area contributed by atoms with E-state index < -0.39 is 0 Å². The van der Waals surface area contributed by atoms with E-state index in [-0.39, 0.29) is 12.6 Å². The second-order valence-corrected chi connectivity index (χ2v) is 5.32. The molecule has 110 valence electrons. The molecule has 7 nitrogen and oxygen atoms in total. The van der Waals surface area contributed by atoms with Gasteiger partial charge in [-0.15, -0.1) is 0 Å². The number of nitrogens with one attached hydrogen (secondary N) is 3. The summed E-state index contributed by atoms with van der Waals surface area (Å²) in [4.78, 5) is 11.8. The van der Waals surface area contributed by atoms with Crippen LogP contribution in [0.3, 0.4) is 0 Å². The van der Waals surface area contributed by atoms with Crippen molar-refractivity contribution in [3.63, 3.8) is 0 Å². The summed E-state index contributed by atoms with van der Waals surface area (Å²) in [5.41, 5.74) is 2.54. The second kappa shape index (κ2) is 5.53. The molecule has 3 heterocycles. The summed E-state index contributed by atoms with van der Waals surface area (Å²) in [5.74, 6) is 1.01. The van der Waals surface area contributed by atoms with Gasteiger partial charge in [-0.1, -0.05) is 13.8 Å². The Hall–Kier alpha value is -2.41. The van der Waals surface area contributed by atoms with Gasteiger partial charge in [-0.2, -0.15) is 5.10 Å². The van der Waals surface area contributed by atoms with Gasteiger partial charge in [0.05, 0.1) is 29.4 Å². The molecule has 3 rings (SSSR count). The van der Waals surface area contributed by atoms with E-state index in [1.54, 1.807) is 6.20 Å². The lowest BCUT2D eigenvalue weighted by molar-refractivity contribution is 0.249. The number of aliphatic hydroxyl groups is 1. The first-order valence-electron chi connectivity index (χ1n) is 6.90. The Bertz CT molecular complexity index is 718. The average molecular weight is 286 g/mol. The summed E-state index contributed by atoms with van der Waals surface area (Å²) in [6.07, 6.45) is 3.21. The van der Waals surface area contributed by atoms with E-state index in [9.17, 15) is 5.11 Å². The molecular formula is C14H18N6O. The minimum Gasteiger partial charge on any atom is -0.394 e. The van der Waals surface area contributed by atoms with Crippen LogP contribution in [0.15, 0.2) is 24.7 Å². The normalized spacial score (nSPS) is 13.0. The molecule has 0 amide bonds. The third kappa shape index (κ3) is 2.59. The predicted molar refractivity (Wildman–Crippen MR) is 80.8 cm³/mol. The Morgan fingerprint density at radius 3 is 2.81 bits per heavy atom. The molecule has 21 heavy (non-hydrogen) atoms. The molecule has 0 aliphatic rings. The summed E-state index contributed by atoms with van der Waals surface area (Å²) in [6.45, 7) is 4.17. The number of aliphatic hydroxyl groups excluding tert-OH is 1. The summed E-state index contributed by atoms with van der Waals surface area (Å²) in [5, 5.41) is 20.5. The van der Waals surface area contributed by atoms with Crippen LogP contribution in [-0.4, -0.2) is 42.9 Å². The van der Waals surface area contributed by atoms with E-state index >= 15 is 0 Å². The van der Waals surface area contributed by atoms with Gasteiger partial charge in [-0.25, -0.2) is 9.97 Å². The topological polar surface area (TPSA) is 103 Å². The lowest BCUT2D eigenvalue weighted by atomic mass is 10.1. The van der Waals surface area contributed by atoms with Gasteiger partial charge in [0, 0.05) is 6.20 Å². The van der Waals surface area contributed by atoms with Crippen LogP contribution in [0.2, 0.25) is 0 Å². The van der Waals surface area contributed by atoms with Crippen LogP contribution in [0.4, 0.5) is 5.82 Å². The Kier molecular flexibility index (Phi) is 3.57. The fraction of sp³-hybridized carbons (Fsp3) is 0.357. The predicted octanol–water partition coefficient (Wildman–Crippen LogP) is 1.78. The van der Waals surface area contributed by atoms with Gasteiger partial charge < -0.3 is 15.4 Å². The monoisotopic (exact) mass is 286 g/mol. The van der Waals surface area contributed by atoms with Crippen molar-refractivity contribution in [3.8, 4) is 11.4 Å². The minimum atomic E-state index is -0.0476. The molecule has 0 aliphatic heterocycles. The highest BCUT2D eigenvalue weighted by Gasteiger charge is 2.16. The molecule has 0 saturated carbocycles. The second-order valence-electron chi connectivity index (χ2n) is 5.32. The molecule has 0 radical (unpaired) electrons. The highest BCUT2D eigenvalue weighted by molar-refractivity contribution is 5.91. The molecule has 0 aromatic carbocycles. The van der Waals surface area contributed by atoms with E-state index in [0.717, 1.165) is 28.2 Å². The third-order valence-corrected chi connectivity index (χ3v) is 3.54. The van der Waals surface area contributed by atoms with Gasteiger partial charge in [0.15, 0.2) is 0 Å². The molecule has 3 aromatic heterocycles. The van der Waals surface area contributed by atoms with Crippen molar-refractivity contribution in [2.45, 2.75) is 19.9 Å². The lowest BCUT2D eigenvalue weighted by Gasteiger charge is -2.20. The van der Waals surface area contributed by atoms with Crippen molar-refractivity contribution in [1.82, 2.24) is 25.1 Å². The first-order chi connectivity index (χ1) is 10.2. The van der Waals surface area contributed by atoms with Gasteiger partial charge >= 0.3 is 0 Å². The maximum Gasteiger partial charge on any atom is 0.143 e. The lowest BCUT2D eigenvalue weighted by Crippen LogP contribution is -2.29. The van der Waals surface area contributed by atoms with Gasteiger partial charge in [0.2, 0.25) is 0 Å². The molecule has 0 saturated heterocycles. The van der Waals surface area contributed by atoms with Crippen molar-refractivity contribution < 1.29 is 5.11 Å². The van der Waals surface area contributed by atoms with Crippen LogP contribution in [-0.2, 0) is 0 Å². The number of anilines is 1. The number of nitrogens with zero attached hydrogens (tertiary/aromatic N) is 3. The Balaban J connectivity index is 2.00. The SMILES string of the molecule is CC(C)C(CO)Nc1ncnc2[nH]c(-c3ccn[nH]3)cc12. The zero-order chi connectivity index (χ0) is 14.8. The molecule has 7 heteroatoms. The third-order valence-electron chi connectivity index (χ3n) is 3.54. The van der Waals surface area contributed by atoms with E-state index in [1.165, 1.54) is 6.33 Å². The molecule has 0 aliphatic carbocycles. The minimum absolute atomic E-state index is 0.0476. The van der Waals surface area contributed by atoms with Crippen LogP contribution in [0.5, 0.6) is 0 Å². The molecule has 4 N–H and O–H groups in total. The Labute approximate surface area is 121 Å². The molecule has 0 bridgehead atoms. The van der Waals surface area contributed by atoms with E-state index in [1.807, 2.05) is 12.1 Å². The molecule has 3 aromatic rings. The number of aromatic nitrogens is 5. The highest BCUT2D eigenvalue weighted by Crippen LogP contribution is 2.26. The van der Waals surface area contributed by atoms with Gasteiger partial charge in [0.25, 0.3) is 0 Å². The quantitative estimate of drug-likeness (QED) is 0.572. The highest BCUT2D eigenvalue weighted by atomic mass is 16.3. The van der Waals surface area contributed by atoms with E-state index in [2.05, 4.69) is 44.3 Å². The van der Waals surface area contributed by atoms with Gasteiger partial charge in [-0.05, 0) is 18.1 Å². The maximum atomic E-state index is 9.46. The number of rotatable bonds is 5. The van der Waals surface area contributed by atoms with Gasteiger partial charge in [0.1, 0.15) is 17.8 Å². The standard InChI is InChI=1S/C14H18N6O/c1-8(2)12(6-21)19-14-9-5-11(10-3-4-17-20-10)18-13(9)15-7-16-14/h3-5,7-8,12,21H,6H2,1-2H3,(H,17,20)(H2,15,16,18,19). The van der Waals surface area contributed by atoms with Crippen molar-refractivity contribution >= 4 is 16.9 Å². The number of hydrogen-bond acceptors (Lipinski definition) is 5. The Morgan fingerprint density at radius 1 is 1.29 bits per heavy atom. The van der Waals surface area contributed by atoms with Crippen LogP contribution in [0.25, 0.3) is 22.4 Å². The number of H-pyrrole nitrogens is 2. The summed E-state index contributed by atoms with van der Waals surface area (Å²) >= 11 is 0. The smallest absolute Gasteiger partial charge is 0.143 e. The number of hydrogen-bond donors (Lipinski definition) is 4. The van der Waals surface area contributed by atoms with Crippen molar-refractivity contribution in [2.24, 2.45) is 5.92 Å². The zero-order valence-electron chi connectivity index (χ0n) is 12.0. The van der Waals surface area contributed by atoms with Crippen LogP contribution >= 0.6 is 0 Å². The molecular weight excluding hydrogens is 268 g/mol. The molecule has 0 fully saturated rings. The van der Waals surface area contributed by atoms with Crippen LogP contribution in [0.1, 0.15) is 13.8 Å². The van der Waals surface area contributed by atoms with Crippen LogP contribution < -0.4 is 5.32 Å². The largest absolute Gasteiger partial charge is 0.394 e. The first-order valence-corrected chi connectivity index (χ1v) is 6.90. The average Bonchev–Trinajstić information content (AvgIpc) is 3.12. The fourth-order valence-electron chi connectivity index (χ4n) is 2.20. The maximum absolute atomic E-state index is 9.46. The number of fused-ring (bicyclic) bond motifs is 1. The fourth-order valence-corrected chi connectivity index (χ4v) is 2.20. The number of aromatic amines is 2. The summed E-state index contributed by atoms with van der Waals surface area (Å²) in [6, 6.07) is 3.81. The molecule has 0 spiro atoms. The van der Waals surface area contributed by atoms with E-state index in [0.29, 0.717) is 5.92 Å². The van der Waals surface area contributed by atoms with Crippen molar-refractivity contribution in [2.75, 3.05) is 11.9 Å². The summed E-state index contributed by atoms with van der Waals surface area (Å²) < 4.78 is 0. The zero-order valence-corrected chi connectivity index (χ0v) is 12.0. The van der Waals surface area contributed by atoms with Crippen LogP contribution in [0, 0.1) is 5.92 Å².